The molecule has 2 aliphatic heterocycles. The smallest absolute Gasteiger partial charge is 0.243 e. The van der Waals surface area contributed by atoms with E-state index < -0.39 is 10.0 Å². The van der Waals surface area contributed by atoms with Gasteiger partial charge in [-0.15, -0.1) is 0 Å². The van der Waals surface area contributed by atoms with Crippen molar-refractivity contribution >= 4 is 10.0 Å². The van der Waals surface area contributed by atoms with Crippen molar-refractivity contribution in [3.8, 4) is 17.0 Å². The second-order valence-corrected chi connectivity index (χ2v) is 11.4. The summed E-state index contributed by atoms with van der Waals surface area (Å²) in [5, 5.41) is 0. The number of nitrogens with zero attached hydrogens (tertiary/aromatic N) is 4. The molecule has 3 heterocycles. The molecule has 2 atom stereocenters. The molecule has 34 heavy (non-hydrogen) atoms. The van der Waals surface area contributed by atoms with Crippen LogP contribution < -0.4 is 4.74 Å². The highest BCUT2D eigenvalue weighted by atomic mass is 32.2. The summed E-state index contributed by atoms with van der Waals surface area (Å²) < 4.78 is 34.7. The van der Waals surface area contributed by atoms with E-state index in [4.69, 9.17) is 4.74 Å². The molecule has 8 heteroatoms. The molecule has 0 amide bonds. The molecule has 3 aliphatic rings. The van der Waals surface area contributed by atoms with Crippen LogP contribution in [0, 0.1) is 0 Å². The van der Waals surface area contributed by atoms with E-state index in [1.165, 1.54) is 12.8 Å². The number of rotatable bonds is 6. The lowest BCUT2D eigenvalue weighted by molar-refractivity contribution is 0.151. The van der Waals surface area contributed by atoms with Crippen molar-refractivity contribution in [1.82, 2.24) is 19.2 Å². The second-order valence-electron chi connectivity index (χ2n) is 9.44. The summed E-state index contributed by atoms with van der Waals surface area (Å²) in [5.74, 6) is 1.12. The summed E-state index contributed by atoms with van der Waals surface area (Å²) in [4.78, 5) is 11.6. The Hall–Kier alpha value is -2.81. The fourth-order valence-electron chi connectivity index (χ4n) is 5.04. The number of ether oxygens (including phenoxy) is 1. The third kappa shape index (κ3) is 4.33. The van der Waals surface area contributed by atoms with Crippen molar-refractivity contribution in [2.75, 3.05) is 26.2 Å². The molecule has 1 aliphatic carbocycles. The van der Waals surface area contributed by atoms with Gasteiger partial charge in [-0.1, -0.05) is 42.5 Å². The summed E-state index contributed by atoms with van der Waals surface area (Å²) >= 11 is 0. The molecule has 2 saturated heterocycles. The Balaban J connectivity index is 1.13. The molecule has 0 radical (unpaired) electrons. The number of piperazine rings is 1. The first-order valence-corrected chi connectivity index (χ1v) is 13.4. The van der Waals surface area contributed by atoms with Crippen molar-refractivity contribution in [2.45, 2.75) is 42.2 Å². The lowest BCUT2D eigenvalue weighted by atomic mass is 10.1. The molecule has 0 N–H and O–H groups in total. The van der Waals surface area contributed by atoms with Gasteiger partial charge in [-0.25, -0.2) is 13.4 Å². The monoisotopic (exact) mass is 476 g/mol. The largest absolute Gasteiger partial charge is 0.472 e. The van der Waals surface area contributed by atoms with Crippen molar-refractivity contribution in [1.29, 1.82) is 0 Å². The van der Waals surface area contributed by atoms with E-state index >= 15 is 0 Å². The van der Waals surface area contributed by atoms with Crippen molar-refractivity contribution in [3.63, 3.8) is 0 Å². The fourth-order valence-corrected chi connectivity index (χ4v) is 6.55. The maximum Gasteiger partial charge on any atom is 0.243 e. The van der Waals surface area contributed by atoms with Crippen LogP contribution in [-0.2, 0) is 10.0 Å². The van der Waals surface area contributed by atoms with Crippen molar-refractivity contribution < 1.29 is 13.2 Å². The molecular weight excluding hydrogens is 448 g/mol. The Morgan fingerprint density at radius 2 is 1.71 bits per heavy atom. The number of sulfonamides is 1. The molecule has 1 aromatic heterocycles. The molecule has 176 valence electrons. The number of fused-ring (bicyclic) bond motifs is 1. The number of aromatic nitrogens is 2. The lowest BCUT2D eigenvalue weighted by Gasteiger charge is -2.36. The first-order valence-electron chi connectivity index (χ1n) is 11.9. The SMILES string of the molecule is O=S(=O)(c1cccc(-c2ccccc2)c1)N1CCN2C[C@H](Oc3cnc(C4CC4)cn3)C[C@H]2C1. The van der Waals surface area contributed by atoms with Crippen LogP contribution in [0.25, 0.3) is 11.1 Å². The molecular formula is C26H28N4O3S. The molecule has 0 spiro atoms. The molecule has 0 bridgehead atoms. The van der Waals surface area contributed by atoms with Crippen LogP contribution in [0.4, 0.5) is 0 Å². The van der Waals surface area contributed by atoms with E-state index in [1.54, 1.807) is 22.6 Å². The number of benzene rings is 2. The van der Waals surface area contributed by atoms with E-state index in [2.05, 4.69) is 14.9 Å². The van der Waals surface area contributed by atoms with E-state index in [9.17, 15) is 8.42 Å². The summed E-state index contributed by atoms with van der Waals surface area (Å²) in [7, 11) is -3.57. The van der Waals surface area contributed by atoms with Crippen LogP contribution in [0.15, 0.2) is 71.9 Å². The van der Waals surface area contributed by atoms with Gasteiger partial charge in [0.2, 0.25) is 15.9 Å². The zero-order valence-electron chi connectivity index (χ0n) is 19.0. The van der Waals surface area contributed by atoms with Gasteiger partial charge in [0.1, 0.15) is 6.10 Å². The molecule has 0 unspecified atom stereocenters. The van der Waals surface area contributed by atoms with Crippen molar-refractivity contribution in [2.24, 2.45) is 0 Å². The number of hydrogen-bond donors (Lipinski definition) is 0. The van der Waals surface area contributed by atoms with E-state index in [0.717, 1.165) is 29.8 Å². The van der Waals surface area contributed by atoms with Gasteiger partial charge in [0.15, 0.2) is 0 Å². The minimum atomic E-state index is -3.57. The molecule has 7 nitrogen and oxygen atoms in total. The first-order chi connectivity index (χ1) is 16.6. The van der Waals surface area contributed by atoms with Gasteiger partial charge < -0.3 is 4.74 Å². The summed E-state index contributed by atoms with van der Waals surface area (Å²) in [5.41, 5.74) is 2.96. The highest BCUT2D eigenvalue weighted by Crippen LogP contribution is 2.38. The van der Waals surface area contributed by atoms with Gasteiger partial charge >= 0.3 is 0 Å². The topological polar surface area (TPSA) is 75.6 Å². The third-order valence-corrected chi connectivity index (χ3v) is 8.91. The Bertz CT molecular complexity index is 1260. The van der Waals surface area contributed by atoms with E-state index in [-0.39, 0.29) is 12.1 Å². The van der Waals surface area contributed by atoms with Crippen LogP contribution >= 0.6 is 0 Å². The van der Waals surface area contributed by atoms with Crippen LogP contribution in [0.2, 0.25) is 0 Å². The average Bonchev–Trinajstić information content (AvgIpc) is 3.64. The normalized spacial score (nSPS) is 23.5. The van der Waals surface area contributed by atoms with Gasteiger partial charge in [-0.3, -0.25) is 9.88 Å². The second kappa shape index (κ2) is 8.76. The zero-order valence-corrected chi connectivity index (χ0v) is 19.8. The Labute approximate surface area is 200 Å². The van der Waals surface area contributed by atoms with Gasteiger partial charge in [-0.05, 0) is 36.1 Å². The first kappa shape index (κ1) is 21.7. The average molecular weight is 477 g/mol. The standard InChI is InChI=1S/C26H28N4O3S/c31-34(32,24-8-4-7-21(13-24)19-5-2-1-3-6-19)30-12-11-29-18-23(14-22(29)17-30)33-26-16-27-25(15-28-26)20-9-10-20/h1-8,13,15-16,20,22-23H,9-12,14,17-18H2/t22-,23+/m0/s1. The predicted molar refractivity (Wildman–Crippen MR) is 129 cm³/mol. The zero-order chi connectivity index (χ0) is 23.1. The number of hydrogen-bond acceptors (Lipinski definition) is 6. The maximum atomic E-state index is 13.5. The summed E-state index contributed by atoms with van der Waals surface area (Å²) in [6.07, 6.45) is 6.72. The predicted octanol–water partition coefficient (Wildman–Crippen LogP) is 3.55. The van der Waals surface area contributed by atoms with Crippen LogP contribution in [0.3, 0.4) is 0 Å². The molecule has 2 aromatic carbocycles. The van der Waals surface area contributed by atoms with Gasteiger partial charge in [0, 0.05) is 44.6 Å². The Morgan fingerprint density at radius 1 is 0.882 bits per heavy atom. The van der Waals surface area contributed by atoms with Crippen LogP contribution in [0.5, 0.6) is 5.88 Å². The van der Waals surface area contributed by atoms with Gasteiger partial charge in [0.05, 0.1) is 23.0 Å². The van der Waals surface area contributed by atoms with Crippen LogP contribution in [0.1, 0.15) is 30.9 Å². The minimum absolute atomic E-state index is 0.00450. The maximum absolute atomic E-state index is 13.5. The van der Waals surface area contributed by atoms with Gasteiger partial charge in [0.25, 0.3) is 0 Å². The minimum Gasteiger partial charge on any atom is -0.472 e. The van der Waals surface area contributed by atoms with Crippen LogP contribution in [-0.4, -0.2) is 65.9 Å². The van der Waals surface area contributed by atoms with Gasteiger partial charge in [-0.2, -0.15) is 4.31 Å². The Kier molecular flexibility index (Phi) is 5.59. The van der Waals surface area contributed by atoms with E-state index in [1.807, 2.05) is 48.7 Å². The molecule has 3 aromatic rings. The van der Waals surface area contributed by atoms with E-state index in [0.29, 0.717) is 36.3 Å². The van der Waals surface area contributed by atoms with Crippen molar-refractivity contribution in [3.05, 3.63) is 72.7 Å². The highest BCUT2D eigenvalue weighted by Gasteiger charge is 2.41. The summed E-state index contributed by atoms with van der Waals surface area (Å²) in [6.45, 7) is 2.45. The highest BCUT2D eigenvalue weighted by molar-refractivity contribution is 7.89. The quantitative estimate of drug-likeness (QED) is 0.542. The lowest BCUT2D eigenvalue weighted by Crippen LogP contribution is -2.51. The molecule has 3 fully saturated rings. The Morgan fingerprint density at radius 3 is 2.47 bits per heavy atom. The fraction of sp³-hybridized carbons (Fsp3) is 0.385. The molecule has 6 rings (SSSR count). The third-order valence-electron chi connectivity index (χ3n) is 7.05. The summed E-state index contributed by atoms with van der Waals surface area (Å²) in [6, 6.07) is 17.2. The molecule has 1 saturated carbocycles.